The Bertz CT molecular complexity index is 487. The number of hydrogen-bond acceptors (Lipinski definition) is 2. The van der Waals surface area contributed by atoms with Crippen LogP contribution in [-0.4, -0.2) is 23.4 Å². The van der Waals surface area contributed by atoms with Crippen molar-refractivity contribution in [3.05, 3.63) is 35.4 Å². The molecule has 1 aromatic rings. The highest BCUT2D eigenvalue weighted by molar-refractivity contribution is 5.84. The minimum Gasteiger partial charge on any atom is -0.322 e. The molecule has 1 aliphatic rings. The number of carbonyl (C=O) groups excluding carboxylic acids is 1. The molecule has 1 fully saturated rings. The Morgan fingerprint density at radius 2 is 1.81 bits per heavy atom. The van der Waals surface area contributed by atoms with E-state index in [1.807, 2.05) is 11.8 Å². The average molecular weight is 288 g/mol. The molecule has 1 saturated heterocycles. The van der Waals surface area contributed by atoms with E-state index in [9.17, 15) is 4.79 Å². The van der Waals surface area contributed by atoms with Crippen molar-refractivity contribution < 1.29 is 4.79 Å². The first-order chi connectivity index (χ1) is 9.84. The Kier molecular flexibility index (Phi) is 4.72. The normalized spacial score (nSPS) is 22.9. The van der Waals surface area contributed by atoms with Crippen LogP contribution in [0.4, 0.5) is 0 Å². The zero-order valence-corrected chi connectivity index (χ0v) is 13.9. The topological polar surface area (TPSA) is 32.3 Å². The van der Waals surface area contributed by atoms with Gasteiger partial charge in [0.1, 0.15) is 6.17 Å². The zero-order chi connectivity index (χ0) is 15.6. The molecule has 0 saturated carbocycles. The molecular formula is C18H28N2O. The largest absolute Gasteiger partial charge is 0.322 e. The molecule has 1 heterocycles. The molecule has 2 rings (SSSR count). The molecule has 0 aliphatic carbocycles. The smallest absolute Gasteiger partial charge is 0.241 e. The predicted octanol–water partition coefficient (Wildman–Crippen LogP) is 3.60. The van der Waals surface area contributed by atoms with Crippen LogP contribution in [-0.2, 0) is 10.2 Å². The van der Waals surface area contributed by atoms with Crippen LogP contribution in [0, 0.1) is 0 Å². The van der Waals surface area contributed by atoms with Crippen molar-refractivity contribution in [3.8, 4) is 0 Å². The van der Waals surface area contributed by atoms with Crippen LogP contribution in [0.2, 0.25) is 0 Å². The molecule has 116 valence electrons. The van der Waals surface area contributed by atoms with Crippen LogP contribution in [0.1, 0.15) is 64.8 Å². The van der Waals surface area contributed by atoms with Crippen LogP contribution in [0.3, 0.4) is 0 Å². The zero-order valence-electron chi connectivity index (χ0n) is 13.9. The maximum absolute atomic E-state index is 12.3. The number of carbonyl (C=O) groups is 1. The van der Waals surface area contributed by atoms with E-state index >= 15 is 0 Å². The van der Waals surface area contributed by atoms with Gasteiger partial charge in [0, 0.05) is 6.54 Å². The summed E-state index contributed by atoms with van der Waals surface area (Å²) in [5, 5.41) is 3.41. The number of rotatable bonds is 4. The molecule has 0 bridgehead atoms. The van der Waals surface area contributed by atoms with Crippen LogP contribution in [0.5, 0.6) is 0 Å². The maximum atomic E-state index is 12.3. The van der Waals surface area contributed by atoms with Gasteiger partial charge in [0.2, 0.25) is 5.91 Å². The molecule has 1 aromatic carbocycles. The monoisotopic (exact) mass is 288 g/mol. The molecule has 0 aromatic heterocycles. The number of unbranched alkanes of at least 4 members (excludes halogenated alkanes) is 1. The molecule has 0 spiro atoms. The Morgan fingerprint density at radius 1 is 1.19 bits per heavy atom. The third-order valence-electron chi connectivity index (χ3n) is 4.22. The van der Waals surface area contributed by atoms with E-state index in [4.69, 9.17) is 0 Å². The standard InChI is InChI=1S/C18H28N2O/c1-6-7-12-20-16(19-13(2)17(20)21)14-8-10-15(11-9-14)18(3,4)5/h8-11,13,16,19H,6-7,12H2,1-5H3. The number of nitrogens with one attached hydrogen (secondary N) is 1. The third kappa shape index (κ3) is 3.46. The summed E-state index contributed by atoms with van der Waals surface area (Å²) in [4.78, 5) is 14.3. The fourth-order valence-electron chi connectivity index (χ4n) is 2.78. The molecule has 1 amide bonds. The van der Waals surface area contributed by atoms with E-state index in [-0.39, 0.29) is 23.5 Å². The lowest BCUT2D eigenvalue weighted by atomic mass is 9.86. The number of hydrogen-bond donors (Lipinski definition) is 1. The van der Waals surface area contributed by atoms with Crippen molar-refractivity contribution >= 4 is 5.91 Å². The van der Waals surface area contributed by atoms with Gasteiger partial charge in [-0.25, -0.2) is 0 Å². The summed E-state index contributed by atoms with van der Waals surface area (Å²) in [5.74, 6) is 0.216. The van der Waals surface area contributed by atoms with Crippen LogP contribution >= 0.6 is 0 Å². The number of nitrogens with zero attached hydrogens (tertiary/aromatic N) is 1. The van der Waals surface area contributed by atoms with Gasteiger partial charge in [-0.15, -0.1) is 0 Å². The quantitative estimate of drug-likeness (QED) is 0.918. The molecule has 21 heavy (non-hydrogen) atoms. The summed E-state index contributed by atoms with van der Waals surface area (Å²) in [5.41, 5.74) is 2.66. The van der Waals surface area contributed by atoms with Crippen LogP contribution in [0.15, 0.2) is 24.3 Å². The van der Waals surface area contributed by atoms with E-state index in [1.54, 1.807) is 0 Å². The molecule has 3 heteroatoms. The Morgan fingerprint density at radius 3 is 2.33 bits per heavy atom. The van der Waals surface area contributed by atoms with E-state index < -0.39 is 0 Å². The Labute approximate surface area is 128 Å². The van der Waals surface area contributed by atoms with Crippen molar-refractivity contribution in [1.29, 1.82) is 0 Å². The van der Waals surface area contributed by atoms with Gasteiger partial charge in [-0.05, 0) is 29.9 Å². The van der Waals surface area contributed by atoms with Gasteiger partial charge in [0.15, 0.2) is 0 Å². The fourth-order valence-corrected chi connectivity index (χ4v) is 2.78. The highest BCUT2D eigenvalue weighted by Crippen LogP contribution is 2.28. The van der Waals surface area contributed by atoms with Crippen molar-refractivity contribution in [2.24, 2.45) is 0 Å². The van der Waals surface area contributed by atoms with E-state index in [2.05, 4.69) is 57.3 Å². The first-order valence-corrected chi connectivity index (χ1v) is 8.01. The summed E-state index contributed by atoms with van der Waals surface area (Å²) in [6, 6.07) is 8.59. The molecular weight excluding hydrogens is 260 g/mol. The SMILES string of the molecule is CCCCN1C(=O)C(C)NC1c1ccc(C(C)(C)C)cc1. The number of amides is 1. The second kappa shape index (κ2) is 6.18. The van der Waals surface area contributed by atoms with Crippen LogP contribution < -0.4 is 5.32 Å². The van der Waals surface area contributed by atoms with Gasteiger partial charge >= 0.3 is 0 Å². The van der Waals surface area contributed by atoms with Gasteiger partial charge in [0.05, 0.1) is 6.04 Å². The average Bonchev–Trinajstić information content (AvgIpc) is 2.72. The first kappa shape index (κ1) is 16.0. The van der Waals surface area contributed by atoms with E-state index in [1.165, 1.54) is 11.1 Å². The second-order valence-electron chi connectivity index (χ2n) is 7.05. The van der Waals surface area contributed by atoms with Crippen LogP contribution in [0.25, 0.3) is 0 Å². The molecule has 2 atom stereocenters. The second-order valence-corrected chi connectivity index (χ2v) is 7.05. The molecule has 1 N–H and O–H groups in total. The third-order valence-corrected chi connectivity index (χ3v) is 4.22. The summed E-state index contributed by atoms with van der Waals surface area (Å²) in [6.45, 7) is 11.6. The van der Waals surface area contributed by atoms with Crippen molar-refractivity contribution in [2.75, 3.05) is 6.54 Å². The minimum atomic E-state index is -0.0888. The van der Waals surface area contributed by atoms with E-state index in [0.717, 1.165) is 19.4 Å². The Balaban J connectivity index is 2.21. The van der Waals surface area contributed by atoms with Crippen molar-refractivity contribution in [1.82, 2.24) is 10.2 Å². The molecule has 0 radical (unpaired) electrons. The molecule has 2 unspecified atom stereocenters. The van der Waals surface area contributed by atoms with Gasteiger partial charge in [-0.1, -0.05) is 58.4 Å². The van der Waals surface area contributed by atoms with Gasteiger partial charge in [0.25, 0.3) is 0 Å². The molecule has 1 aliphatic heterocycles. The lowest BCUT2D eigenvalue weighted by Crippen LogP contribution is -2.31. The minimum absolute atomic E-state index is 0.0214. The van der Waals surface area contributed by atoms with Gasteiger partial charge < -0.3 is 4.90 Å². The van der Waals surface area contributed by atoms with Crippen molar-refractivity contribution in [3.63, 3.8) is 0 Å². The van der Waals surface area contributed by atoms with E-state index in [0.29, 0.717) is 0 Å². The lowest BCUT2D eigenvalue weighted by molar-refractivity contribution is -0.129. The van der Waals surface area contributed by atoms with Gasteiger partial charge in [-0.3, -0.25) is 10.1 Å². The van der Waals surface area contributed by atoms with Gasteiger partial charge in [-0.2, -0.15) is 0 Å². The summed E-state index contributed by atoms with van der Waals surface area (Å²) in [6.07, 6.45) is 2.18. The summed E-state index contributed by atoms with van der Waals surface area (Å²) >= 11 is 0. The van der Waals surface area contributed by atoms with Crippen molar-refractivity contribution in [2.45, 2.75) is 65.1 Å². The molecule has 3 nitrogen and oxygen atoms in total. The highest BCUT2D eigenvalue weighted by atomic mass is 16.2. The number of benzene rings is 1. The fraction of sp³-hybridized carbons (Fsp3) is 0.611. The maximum Gasteiger partial charge on any atom is 0.241 e. The Hall–Kier alpha value is -1.35. The summed E-state index contributed by atoms with van der Waals surface area (Å²) in [7, 11) is 0. The summed E-state index contributed by atoms with van der Waals surface area (Å²) < 4.78 is 0. The first-order valence-electron chi connectivity index (χ1n) is 8.01. The highest BCUT2D eigenvalue weighted by Gasteiger charge is 2.36. The predicted molar refractivity (Wildman–Crippen MR) is 87.1 cm³/mol. The lowest BCUT2D eigenvalue weighted by Gasteiger charge is -2.25.